The topological polar surface area (TPSA) is 70.7 Å². The van der Waals surface area contributed by atoms with Crippen molar-refractivity contribution in [3.8, 4) is 0 Å². The second-order valence-electron chi connectivity index (χ2n) is 5.03. The van der Waals surface area contributed by atoms with Crippen LogP contribution in [0.25, 0.3) is 21.3 Å². The van der Waals surface area contributed by atoms with E-state index in [0.29, 0.717) is 16.3 Å². The molecular formula is C16H11FN4OS. The molecule has 0 radical (unpaired) electrons. The molecule has 0 saturated carbocycles. The van der Waals surface area contributed by atoms with E-state index < -0.39 is 0 Å². The quantitative estimate of drug-likeness (QED) is 0.607. The molecule has 23 heavy (non-hydrogen) atoms. The SMILES string of the molecule is O=C(NCc1nc2ncccc2[nH]1)c1cc2cc(F)ccc2s1. The maximum atomic E-state index is 13.2. The van der Waals surface area contributed by atoms with Crippen LogP contribution in [0, 0.1) is 5.82 Å². The van der Waals surface area contributed by atoms with Gasteiger partial charge in [-0.05, 0) is 41.8 Å². The van der Waals surface area contributed by atoms with Gasteiger partial charge in [-0.2, -0.15) is 0 Å². The summed E-state index contributed by atoms with van der Waals surface area (Å²) >= 11 is 1.33. The number of hydrogen-bond donors (Lipinski definition) is 2. The number of fused-ring (bicyclic) bond motifs is 2. The Labute approximate surface area is 134 Å². The number of amides is 1. The average Bonchev–Trinajstić information content (AvgIpc) is 3.15. The van der Waals surface area contributed by atoms with Crippen LogP contribution >= 0.6 is 11.3 Å². The second-order valence-corrected chi connectivity index (χ2v) is 6.12. The Balaban J connectivity index is 1.52. The number of thiophene rings is 1. The number of nitrogens with zero attached hydrogens (tertiary/aromatic N) is 2. The molecule has 0 aliphatic carbocycles. The molecule has 4 aromatic rings. The van der Waals surface area contributed by atoms with Crippen molar-refractivity contribution < 1.29 is 9.18 Å². The molecule has 3 heterocycles. The van der Waals surface area contributed by atoms with Gasteiger partial charge in [0.2, 0.25) is 0 Å². The highest BCUT2D eigenvalue weighted by Gasteiger charge is 2.11. The van der Waals surface area contributed by atoms with Gasteiger partial charge in [-0.1, -0.05) is 0 Å². The van der Waals surface area contributed by atoms with E-state index in [1.807, 2.05) is 12.1 Å². The monoisotopic (exact) mass is 326 g/mol. The number of imidazole rings is 1. The Kier molecular flexibility index (Phi) is 3.27. The summed E-state index contributed by atoms with van der Waals surface area (Å²) in [5, 5.41) is 3.54. The van der Waals surface area contributed by atoms with Gasteiger partial charge in [-0.25, -0.2) is 14.4 Å². The van der Waals surface area contributed by atoms with Crippen LogP contribution in [-0.2, 0) is 6.54 Å². The summed E-state index contributed by atoms with van der Waals surface area (Å²) in [7, 11) is 0. The highest BCUT2D eigenvalue weighted by molar-refractivity contribution is 7.20. The van der Waals surface area contributed by atoms with Crippen molar-refractivity contribution in [1.29, 1.82) is 0 Å². The maximum absolute atomic E-state index is 13.2. The number of H-pyrrole nitrogens is 1. The predicted molar refractivity (Wildman–Crippen MR) is 86.8 cm³/mol. The van der Waals surface area contributed by atoms with Gasteiger partial charge in [0.05, 0.1) is 16.9 Å². The number of hydrogen-bond acceptors (Lipinski definition) is 4. The summed E-state index contributed by atoms with van der Waals surface area (Å²) in [4.78, 5) is 24.3. The lowest BCUT2D eigenvalue weighted by Gasteiger charge is -1.99. The van der Waals surface area contributed by atoms with Crippen LogP contribution in [0.15, 0.2) is 42.6 Å². The minimum atomic E-state index is -0.308. The number of nitrogens with one attached hydrogen (secondary N) is 2. The van der Waals surface area contributed by atoms with Gasteiger partial charge in [-0.3, -0.25) is 4.79 Å². The maximum Gasteiger partial charge on any atom is 0.261 e. The average molecular weight is 326 g/mol. The van der Waals surface area contributed by atoms with E-state index in [2.05, 4.69) is 20.3 Å². The first kappa shape index (κ1) is 13.8. The van der Waals surface area contributed by atoms with Crippen LogP contribution in [0.4, 0.5) is 4.39 Å². The Hall–Kier alpha value is -2.80. The largest absolute Gasteiger partial charge is 0.344 e. The number of aromatic nitrogens is 3. The summed E-state index contributed by atoms with van der Waals surface area (Å²) < 4.78 is 14.1. The second kappa shape index (κ2) is 5.44. The third-order valence-electron chi connectivity index (χ3n) is 3.43. The highest BCUT2D eigenvalue weighted by atomic mass is 32.1. The summed E-state index contributed by atoms with van der Waals surface area (Å²) in [6, 6.07) is 9.88. The lowest BCUT2D eigenvalue weighted by molar-refractivity contribution is 0.0954. The normalized spacial score (nSPS) is 11.2. The third-order valence-corrected chi connectivity index (χ3v) is 4.54. The van der Waals surface area contributed by atoms with Crippen molar-refractivity contribution >= 4 is 38.5 Å². The van der Waals surface area contributed by atoms with E-state index in [1.54, 1.807) is 18.3 Å². The number of halogens is 1. The predicted octanol–water partition coefficient (Wildman–Crippen LogP) is 3.24. The van der Waals surface area contributed by atoms with Gasteiger partial charge < -0.3 is 10.3 Å². The molecule has 3 aromatic heterocycles. The van der Waals surface area contributed by atoms with Crippen LogP contribution in [0.5, 0.6) is 0 Å². The lowest BCUT2D eigenvalue weighted by atomic mass is 10.2. The Bertz CT molecular complexity index is 990. The van der Waals surface area contributed by atoms with Crippen LogP contribution in [0.3, 0.4) is 0 Å². The van der Waals surface area contributed by atoms with E-state index in [9.17, 15) is 9.18 Å². The smallest absolute Gasteiger partial charge is 0.261 e. The first-order valence-electron chi connectivity index (χ1n) is 6.96. The van der Waals surface area contributed by atoms with Gasteiger partial charge in [0.15, 0.2) is 5.65 Å². The van der Waals surface area contributed by atoms with Crippen LogP contribution in [0.1, 0.15) is 15.5 Å². The molecule has 5 nitrogen and oxygen atoms in total. The van der Waals surface area contributed by atoms with Gasteiger partial charge in [0, 0.05) is 10.9 Å². The van der Waals surface area contributed by atoms with Crippen molar-refractivity contribution in [2.45, 2.75) is 6.54 Å². The number of rotatable bonds is 3. The lowest BCUT2D eigenvalue weighted by Crippen LogP contribution is -2.22. The van der Waals surface area contributed by atoms with Crippen LogP contribution in [0.2, 0.25) is 0 Å². The summed E-state index contributed by atoms with van der Waals surface area (Å²) in [5.41, 5.74) is 1.45. The van der Waals surface area contributed by atoms with Crippen molar-refractivity contribution in [3.05, 3.63) is 59.1 Å². The Morgan fingerprint density at radius 2 is 2.22 bits per heavy atom. The van der Waals surface area contributed by atoms with Crippen molar-refractivity contribution in [3.63, 3.8) is 0 Å². The Morgan fingerprint density at radius 1 is 1.30 bits per heavy atom. The minimum Gasteiger partial charge on any atom is -0.344 e. The highest BCUT2D eigenvalue weighted by Crippen LogP contribution is 2.26. The number of benzene rings is 1. The first-order chi connectivity index (χ1) is 11.2. The molecule has 0 atom stereocenters. The van der Waals surface area contributed by atoms with E-state index in [-0.39, 0.29) is 18.3 Å². The molecular weight excluding hydrogens is 315 g/mol. The van der Waals surface area contributed by atoms with E-state index >= 15 is 0 Å². The molecule has 0 aliphatic rings. The van der Waals surface area contributed by atoms with Gasteiger partial charge in [-0.15, -0.1) is 11.3 Å². The zero-order valence-corrected chi connectivity index (χ0v) is 12.7. The molecule has 0 saturated heterocycles. The zero-order valence-electron chi connectivity index (χ0n) is 11.8. The number of carbonyl (C=O) groups is 1. The fraction of sp³-hybridized carbons (Fsp3) is 0.0625. The van der Waals surface area contributed by atoms with E-state index in [0.717, 1.165) is 15.6 Å². The molecule has 4 rings (SSSR count). The third kappa shape index (κ3) is 2.66. The molecule has 0 aliphatic heterocycles. The summed E-state index contributed by atoms with van der Waals surface area (Å²) in [6.45, 7) is 0.276. The molecule has 0 spiro atoms. The molecule has 0 unspecified atom stereocenters. The summed E-state index contributed by atoms with van der Waals surface area (Å²) in [6.07, 6.45) is 1.67. The molecule has 114 valence electrons. The minimum absolute atomic E-state index is 0.208. The zero-order chi connectivity index (χ0) is 15.8. The number of pyridine rings is 1. The van der Waals surface area contributed by atoms with Crippen LogP contribution in [-0.4, -0.2) is 20.9 Å². The molecule has 7 heteroatoms. The summed E-state index contributed by atoms with van der Waals surface area (Å²) in [5.74, 6) is 0.122. The fourth-order valence-corrected chi connectivity index (χ4v) is 3.32. The molecule has 2 N–H and O–H groups in total. The van der Waals surface area contributed by atoms with Crippen molar-refractivity contribution in [2.75, 3.05) is 0 Å². The van der Waals surface area contributed by atoms with E-state index in [1.165, 1.54) is 23.5 Å². The fourth-order valence-electron chi connectivity index (χ4n) is 2.36. The van der Waals surface area contributed by atoms with Crippen molar-refractivity contribution in [1.82, 2.24) is 20.3 Å². The van der Waals surface area contributed by atoms with Gasteiger partial charge in [0.1, 0.15) is 11.6 Å². The first-order valence-corrected chi connectivity index (χ1v) is 7.77. The molecule has 0 bridgehead atoms. The molecule has 1 amide bonds. The number of aromatic amines is 1. The molecule has 0 fully saturated rings. The number of carbonyl (C=O) groups excluding carboxylic acids is 1. The molecule has 1 aromatic carbocycles. The van der Waals surface area contributed by atoms with Gasteiger partial charge >= 0.3 is 0 Å². The van der Waals surface area contributed by atoms with Crippen LogP contribution < -0.4 is 5.32 Å². The Morgan fingerprint density at radius 3 is 3.09 bits per heavy atom. The van der Waals surface area contributed by atoms with Gasteiger partial charge in [0.25, 0.3) is 5.91 Å². The van der Waals surface area contributed by atoms with Crippen molar-refractivity contribution in [2.24, 2.45) is 0 Å². The van der Waals surface area contributed by atoms with E-state index in [4.69, 9.17) is 0 Å². The standard InChI is InChI=1S/C16H11FN4OS/c17-10-3-4-12-9(6-10)7-13(23-12)16(22)19-8-14-20-11-2-1-5-18-15(11)21-14/h1-7H,8H2,(H,19,22)(H,18,20,21).